The first kappa shape index (κ1) is 79.2. The predicted octanol–water partition coefficient (Wildman–Crippen LogP) is 23.7. The molecule has 8 aromatic rings. The SMILES string of the molecule is Brc1ccc(N(c2ccc(Br)cc2)c2ccc(Br)cc2)cc1.CC1(C)OB(c2ccc(N(c3ccc(F)cc3)c3ccc(B4OC(C)(C)C(C)(C)O4)cc3)cc2)OC1(C)C.CCC1(COCCCCCCOCc2ccc(Br)cc2)COC1.CCCCCCCCc1ccc(Br)cc1. The molecule has 3 heterocycles. The van der Waals surface area contributed by atoms with E-state index in [1.54, 1.807) is 12.1 Å². The van der Waals surface area contributed by atoms with Crippen molar-refractivity contribution in [2.45, 2.75) is 175 Å². The van der Waals surface area contributed by atoms with Crippen LogP contribution in [0.25, 0.3) is 0 Å². The van der Waals surface area contributed by atoms with Gasteiger partial charge in [-0.25, -0.2) is 4.39 Å². The number of nitrogens with zero attached hydrogens (tertiary/aromatic N) is 2. The van der Waals surface area contributed by atoms with Crippen LogP contribution in [0.15, 0.2) is 216 Å². The Morgan fingerprint density at radius 2 is 0.684 bits per heavy atom. The fourth-order valence-electron chi connectivity index (χ4n) is 11.1. The van der Waals surface area contributed by atoms with Gasteiger partial charge < -0.3 is 42.6 Å². The lowest BCUT2D eigenvalue weighted by molar-refractivity contribution is -0.150. The fourth-order valence-corrected chi connectivity index (χ4v) is 12.5. The number of benzene rings is 8. The number of aryl methyl sites for hydroxylation is 1. The first-order chi connectivity index (χ1) is 46.9. The molecule has 17 heteroatoms. The summed E-state index contributed by atoms with van der Waals surface area (Å²) in [6.45, 7) is 25.9. The zero-order valence-electron chi connectivity index (χ0n) is 58.9. The highest BCUT2D eigenvalue weighted by molar-refractivity contribution is 9.11. The van der Waals surface area contributed by atoms with Crippen molar-refractivity contribution in [3.63, 3.8) is 0 Å². The highest BCUT2D eigenvalue weighted by Gasteiger charge is 2.53. The Bertz CT molecular complexity index is 3400. The van der Waals surface area contributed by atoms with Crippen molar-refractivity contribution in [1.29, 1.82) is 0 Å². The quantitative estimate of drug-likeness (QED) is 0.0370. The zero-order valence-corrected chi connectivity index (χ0v) is 66.8. The standard InChI is InChI=1S/C30H36B2FNO4.C19H29BrO3.C18H12Br3N.C14H21Br/c1-27(2)28(3,4)36-31(35-27)21-9-15-24(16-10-21)34(26-19-13-23(33)14-20-26)25-17-11-22(12-18-25)32-37-29(5,6)30(7,8)38-32;1-2-19(15-23-16-19)14-22-12-6-4-3-5-11-21-13-17-7-9-18(20)10-8-17;19-13-1-7-16(8-2-13)22(17-9-3-14(20)4-10-17)18-11-5-15(21)6-12-18;1-2-3-4-5-6-7-8-13-9-11-14(15)12-10-13/h9-20H,1-8H3;7-10H,2-6,11-16H2,1H3;1-12H;9-12H,2-8H2,1H3. The first-order valence-corrected chi connectivity index (χ1v) is 38.6. The smallest absolute Gasteiger partial charge is 0.399 e. The molecule has 0 amide bonds. The number of ether oxygens (including phenoxy) is 3. The molecule has 0 aromatic heterocycles. The Morgan fingerprint density at radius 3 is 1.03 bits per heavy atom. The molecule has 9 nitrogen and oxygen atoms in total. The second-order valence-electron chi connectivity index (χ2n) is 27.6. The van der Waals surface area contributed by atoms with Gasteiger partial charge in [-0.3, -0.25) is 0 Å². The largest absolute Gasteiger partial charge is 0.494 e. The van der Waals surface area contributed by atoms with Gasteiger partial charge in [0.15, 0.2) is 0 Å². The molecule has 0 saturated carbocycles. The number of hydrogen-bond donors (Lipinski definition) is 0. The van der Waals surface area contributed by atoms with Crippen molar-refractivity contribution in [3.05, 3.63) is 233 Å². The lowest BCUT2D eigenvalue weighted by Gasteiger charge is -2.40. The summed E-state index contributed by atoms with van der Waals surface area (Å²) in [6, 6.07) is 64.7. The van der Waals surface area contributed by atoms with Crippen molar-refractivity contribution < 1.29 is 37.2 Å². The molecule has 98 heavy (non-hydrogen) atoms. The molecular weight excluding hydrogens is 1550 g/mol. The molecule has 3 fully saturated rings. The Hall–Kier alpha value is -4.46. The molecule has 0 radical (unpaired) electrons. The van der Waals surface area contributed by atoms with E-state index in [4.69, 9.17) is 32.8 Å². The molecule has 11 rings (SSSR count). The minimum Gasteiger partial charge on any atom is -0.399 e. The third-order valence-electron chi connectivity index (χ3n) is 18.9. The Morgan fingerprint density at radius 1 is 0.378 bits per heavy atom. The molecule has 0 atom stereocenters. The normalized spacial score (nSPS) is 16.0. The van der Waals surface area contributed by atoms with Gasteiger partial charge in [0.1, 0.15) is 5.82 Å². The summed E-state index contributed by atoms with van der Waals surface area (Å²) in [7, 11) is -0.875. The Balaban J connectivity index is 0.000000177. The summed E-state index contributed by atoms with van der Waals surface area (Å²) in [5, 5.41) is 0. The van der Waals surface area contributed by atoms with Crippen LogP contribution in [0.2, 0.25) is 0 Å². The van der Waals surface area contributed by atoms with Gasteiger partial charge in [-0.05, 0) is 255 Å². The maximum Gasteiger partial charge on any atom is 0.494 e. The van der Waals surface area contributed by atoms with Crippen LogP contribution in [-0.2, 0) is 45.9 Å². The van der Waals surface area contributed by atoms with Crippen LogP contribution >= 0.6 is 79.6 Å². The van der Waals surface area contributed by atoms with Crippen molar-refractivity contribution in [2.24, 2.45) is 5.41 Å². The molecule has 0 unspecified atom stereocenters. The lowest BCUT2D eigenvalue weighted by Crippen LogP contribution is -2.45. The predicted molar refractivity (Wildman–Crippen MR) is 425 cm³/mol. The summed E-state index contributed by atoms with van der Waals surface area (Å²) in [5.41, 5.74) is 9.34. The minimum absolute atomic E-state index is 0.277. The molecule has 8 aromatic carbocycles. The molecule has 0 bridgehead atoms. The first-order valence-electron chi connectivity index (χ1n) is 34.7. The maximum absolute atomic E-state index is 13.8. The average Bonchev–Trinajstić information content (AvgIpc) is 1.58. The summed E-state index contributed by atoms with van der Waals surface area (Å²) in [5.74, 6) is -0.277. The van der Waals surface area contributed by atoms with Crippen molar-refractivity contribution in [2.75, 3.05) is 42.8 Å². The van der Waals surface area contributed by atoms with E-state index in [0.29, 0.717) is 12.0 Å². The highest BCUT2D eigenvalue weighted by atomic mass is 79.9. The maximum atomic E-state index is 13.8. The molecule has 3 aliphatic rings. The Kier molecular flexibility index (Phi) is 30.9. The number of halogens is 6. The lowest BCUT2D eigenvalue weighted by atomic mass is 9.79. The van der Waals surface area contributed by atoms with Crippen LogP contribution in [-0.4, -0.2) is 69.7 Å². The van der Waals surface area contributed by atoms with E-state index in [2.05, 4.69) is 225 Å². The van der Waals surface area contributed by atoms with Gasteiger partial charge in [0, 0.05) is 75.1 Å². The Labute approximate surface area is 627 Å². The fraction of sp³-hybridized carbons (Fsp3) is 0.407. The van der Waals surface area contributed by atoms with Crippen molar-refractivity contribution >= 4 is 139 Å². The molecule has 522 valence electrons. The zero-order chi connectivity index (χ0) is 70.4. The molecule has 0 aliphatic carbocycles. The van der Waals surface area contributed by atoms with E-state index in [9.17, 15) is 4.39 Å². The van der Waals surface area contributed by atoms with E-state index < -0.39 is 36.6 Å². The summed E-state index contributed by atoms with van der Waals surface area (Å²) < 4.78 is 61.0. The highest BCUT2D eigenvalue weighted by Crippen LogP contribution is 2.41. The molecule has 0 spiro atoms. The van der Waals surface area contributed by atoms with Crippen LogP contribution in [0, 0.1) is 11.2 Å². The summed E-state index contributed by atoms with van der Waals surface area (Å²) in [4.78, 5) is 4.31. The second kappa shape index (κ2) is 38.2. The second-order valence-corrected chi connectivity index (χ2v) is 32.2. The number of unbranched alkanes of at least 4 members (excludes halogenated alkanes) is 8. The molecule has 3 aliphatic heterocycles. The van der Waals surface area contributed by atoms with Gasteiger partial charge in [0.05, 0.1) is 48.8 Å². The third kappa shape index (κ3) is 23.5. The third-order valence-corrected chi connectivity index (χ3v) is 21.6. The van der Waals surface area contributed by atoms with Gasteiger partial charge >= 0.3 is 14.2 Å². The van der Waals surface area contributed by atoms with E-state index >= 15 is 0 Å². The summed E-state index contributed by atoms with van der Waals surface area (Å²) >= 11 is 17.4. The van der Waals surface area contributed by atoms with E-state index in [0.717, 1.165) is 115 Å². The van der Waals surface area contributed by atoms with E-state index in [1.165, 1.54) is 85.5 Å². The molecule has 0 N–H and O–H groups in total. The van der Waals surface area contributed by atoms with Gasteiger partial charge in [0.2, 0.25) is 0 Å². The van der Waals surface area contributed by atoms with Crippen molar-refractivity contribution in [3.8, 4) is 0 Å². The number of rotatable bonds is 27. The van der Waals surface area contributed by atoms with Crippen LogP contribution in [0.4, 0.5) is 38.5 Å². The van der Waals surface area contributed by atoms with E-state index in [1.807, 2.05) is 104 Å². The van der Waals surface area contributed by atoms with Gasteiger partial charge in [-0.1, -0.05) is 187 Å². The average molecular weight is 1650 g/mol. The van der Waals surface area contributed by atoms with Crippen LogP contribution in [0.5, 0.6) is 0 Å². The minimum atomic E-state index is -0.437. The topological polar surface area (TPSA) is 71.1 Å². The molecular formula is C81H98B2Br5FN2O7. The van der Waals surface area contributed by atoms with Crippen molar-refractivity contribution in [1.82, 2.24) is 0 Å². The monoisotopic (exact) mass is 1650 g/mol. The molecule has 3 saturated heterocycles. The number of anilines is 6. The van der Waals surface area contributed by atoms with Gasteiger partial charge in [0.25, 0.3) is 0 Å². The van der Waals surface area contributed by atoms with Crippen LogP contribution < -0.4 is 20.7 Å². The number of hydrogen-bond acceptors (Lipinski definition) is 9. The van der Waals surface area contributed by atoms with Crippen LogP contribution in [0.3, 0.4) is 0 Å². The van der Waals surface area contributed by atoms with Crippen LogP contribution in [0.1, 0.15) is 151 Å². The summed E-state index contributed by atoms with van der Waals surface area (Å²) in [6.07, 6.45) is 15.4. The van der Waals surface area contributed by atoms with E-state index in [-0.39, 0.29) is 5.82 Å². The van der Waals surface area contributed by atoms with Gasteiger partial charge in [-0.2, -0.15) is 0 Å². The van der Waals surface area contributed by atoms with Gasteiger partial charge in [-0.15, -0.1) is 0 Å².